The van der Waals surface area contributed by atoms with Gasteiger partial charge in [-0.15, -0.1) is 0 Å². The lowest BCUT2D eigenvalue weighted by atomic mass is 9.81. The minimum absolute atomic E-state index is 0.0633. The van der Waals surface area contributed by atoms with Crippen molar-refractivity contribution in [2.45, 2.75) is 19.3 Å². The molecule has 10 rings (SSSR count). The van der Waals surface area contributed by atoms with E-state index in [1.807, 2.05) is 117 Å². The summed E-state index contributed by atoms with van der Waals surface area (Å²) in [5.74, 6) is 0.547. The van der Waals surface area contributed by atoms with Crippen molar-refractivity contribution in [2.24, 2.45) is 0 Å². The third-order valence-electron chi connectivity index (χ3n) is 10.3. The zero-order chi connectivity index (χ0) is 43.4. The van der Waals surface area contributed by atoms with E-state index in [4.69, 9.17) is 16.8 Å². The molecule has 2 heteroatoms. The largest absolute Gasteiger partial charge is 0.228 e. The Labute approximate surface area is 322 Å². The lowest BCUT2D eigenvalue weighted by Gasteiger charge is -2.22. The molecule has 0 atom stereocenters. The summed E-state index contributed by atoms with van der Waals surface area (Å²) in [4.78, 5) is 10.2. The molecule has 1 aromatic heterocycles. The molecule has 0 aliphatic heterocycles. The van der Waals surface area contributed by atoms with E-state index in [-0.39, 0.29) is 46.5 Å². The van der Waals surface area contributed by atoms with Gasteiger partial charge in [0.25, 0.3) is 0 Å². The van der Waals surface area contributed by atoms with E-state index >= 15 is 0 Å². The molecule has 0 amide bonds. The minimum Gasteiger partial charge on any atom is -0.228 e. The fourth-order valence-electron chi connectivity index (χ4n) is 7.66. The first-order valence-corrected chi connectivity index (χ1v) is 17.6. The Hall–Kier alpha value is -6.64. The van der Waals surface area contributed by atoms with Gasteiger partial charge in [0.05, 0.1) is 23.7 Å². The maximum atomic E-state index is 9.62. The fourth-order valence-corrected chi connectivity index (χ4v) is 7.66. The summed E-state index contributed by atoms with van der Waals surface area (Å²) in [5.41, 5.74) is 7.16. The van der Waals surface area contributed by atoms with Gasteiger partial charge in [-0.2, -0.15) is 0 Å². The molecule has 0 unspecified atom stereocenters. The monoisotopic (exact) mass is 685 g/mol. The van der Waals surface area contributed by atoms with E-state index in [1.165, 1.54) is 0 Å². The zero-order valence-corrected chi connectivity index (χ0v) is 29.0. The van der Waals surface area contributed by atoms with E-state index in [0.29, 0.717) is 39.3 Å². The van der Waals surface area contributed by atoms with Crippen molar-refractivity contribution in [2.75, 3.05) is 0 Å². The quantitative estimate of drug-likeness (QED) is 0.180. The number of nitrogens with zero attached hydrogens (tertiary/aromatic N) is 2. The normalized spacial score (nSPS) is 15.2. The van der Waals surface area contributed by atoms with E-state index in [0.717, 1.165) is 44.3 Å². The molecular weight excluding hydrogens is 641 g/mol. The average molecular weight is 686 g/mol. The predicted octanol–water partition coefficient (Wildman–Crippen LogP) is 13.4. The molecule has 0 N–H and O–H groups in total. The second kappa shape index (κ2) is 12.3. The summed E-state index contributed by atoms with van der Waals surface area (Å²) in [6.07, 6.45) is 0. The Balaban J connectivity index is 1.24. The topological polar surface area (TPSA) is 25.8 Å². The third kappa shape index (κ3) is 5.18. The minimum atomic E-state index is -1.13. The molecule has 0 saturated heterocycles. The summed E-state index contributed by atoms with van der Waals surface area (Å²) >= 11 is 0. The molecule has 250 valence electrons. The lowest BCUT2D eigenvalue weighted by molar-refractivity contribution is 0.661. The summed E-state index contributed by atoms with van der Waals surface area (Å²) < 4.78 is 81.4. The summed E-state index contributed by atoms with van der Waals surface area (Å²) in [5, 5.41) is 1.38. The van der Waals surface area contributed by atoms with Gasteiger partial charge in [-0.1, -0.05) is 171 Å². The number of hydrogen-bond acceptors (Lipinski definition) is 2. The van der Waals surface area contributed by atoms with Gasteiger partial charge in [0.15, 0.2) is 5.82 Å². The summed E-state index contributed by atoms with van der Waals surface area (Å²) in [6.45, 7) is 3.62. The number of rotatable bonds is 5. The van der Waals surface area contributed by atoms with Gasteiger partial charge in [-0.05, 0) is 90.3 Å². The van der Waals surface area contributed by atoms with Crippen LogP contribution in [0, 0.1) is 0 Å². The Morgan fingerprint density at radius 1 is 0.453 bits per heavy atom. The highest BCUT2D eigenvalue weighted by molar-refractivity contribution is 6.08. The predicted molar refractivity (Wildman–Crippen MR) is 222 cm³/mol. The summed E-state index contributed by atoms with van der Waals surface area (Å²) in [6, 6.07) is 38.9. The Morgan fingerprint density at radius 2 is 1.08 bits per heavy atom. The van der Waals surface area contributed by atoms with Crippen LogP contribution in [0.5, 0.6) is 0 Å². The molecule has 0 spiro atoms. The SMILES string of the molecule is [2H]c1c([2H])c(-c2ccc(-c3cc(-c4cccc(-c5ccccc5)c4)nc(-c4ccccc4)n3)c3ccccc23)c2c(c1[2H])C(C)(C)c1c-2c([2H])c2c([2H])c([2H])c([2H])c([2H])c2c1[2H]. The van der Waals surface area contributed by atoms with E-state index in [9.17, 15) is 5.48 Å². The van der Waals surface area contributed by atoms with Gasteiger partial charge in [-0.3, -0.25) is 0 Å². The van der Waals surface area contributed by atoms with E-state index in [1.54, 1.807) is 0 Å². The molecule has 0 radical (unpaired) electrons. The van der Waals surface area contributed by atoms with Crippen molar-refractivity contribution in [1.29, 1.82) is 0 Å². The first-order chi connectivity index (χ1) is 29.8. The lowest BCUT2D eigenvalue weighted by Crippen LogP contribution is -2.14. The maximum absolute atomic E-state index is 9.62. The van der Waals surface area contributed by atoms with Crippen LogP contribution in [0.3, 0.4) is 0 Å². The third-order valence-corrected chi connectivity index (χ3v) is 10.3. The first kappa shape index (κ1) is 23.0. The van der Waals surface area contributed by atoms with Crippen molar-refractivity contribution in [3.8, 4) is 67.3 Å². The van der Waals surface area contributed by atoms with Crippen molar-refractivity contribution >= 4 is 21.5 Å². The van der Waals surface area contributed by atoms with Gasteiger partial charge < -0.3 is 0 Å². The molecule has 0 bridgehead atoms. The standard InChI is InChI=1S/C51H36N2/c1-51(2)45-26-14-25-43(49(45)44-30-36-19-9-10-20-37(36)31-46(44)51)41-27-28-42(40-24-12-11-23-39(40)41)48-32-47(52-50(53-48)34-17-7-4-8-18-34)38-22-13-21-35(29-38)33-15-5-3-6-16-33/h3-32H,1-2H3/i9D,10D,14D,19D,20D,25D,26D,30D,31D. The highest BCUT2D eigenvalue weighted by Crippen LogP contribution is 2.54. The molecule has 8 aromatic carbocycles. The second-order valence-electron chi connectivity index (χ2n) is 13.9. The van der Waals surface area contributed by atoms with E-state index in [2.05, 4.69) is 24.3 Å². The maximum Gasteiger partial charge on any atom is 0.160 e. The molecule has 0 fully saturated rings. The summed E-state index contributed by atoms with van der Waals surface area (Å²) in [7, 11) is 0. The molecular formula is C51H36N2. The van der Waals surface area contributed by atoms with Crippen LogP contribution >= 0.6 is 0 Å². The Kier molecular flexibility index (Phi) is 5.32. The molecule has 1 aliphatic carbocycles. The molecule has 1 heterocycles. The van der Waals surface area contributed by atoms with Gasteiger partial charge in [0.1, 0.15) is 0 Å². The second-order valence-corrected chi connectivity index (χ2v) is 13.9. The van der Waals surface area contributed by atoms with Crippen LogP contribution in [-0.2, 0) is 5.41 Å². The van der Waals surface area contributed by atoms with Crippen molar-refractivity contribution < 1.29 is 12.3 Å². The molecule has 0 saturated carbocycles. The van der Waals surface area contributed by atoms with Crippen molar-refractivity contribution in [3.05, 3.63) is 193 Å². The van der Waals surface area contributed by atoms with Gasteiger partial charge >= 0.3 is 0 Å². The smallest absolute Gasteiger partial charge is 0.160 e. The Bertz CT molecular complexity index is 3370. The molecule has 9 aromatic rings. The van der Waals surface area contributed by atoms with E-state index < -0.39 is 29.6 Å². The van der Waals surface area contributed by atoms with Crippen molar-refractivity contribution in [3.63, 3.8) is 0 Å². The first-order valence-electron chi connectivity index (χ1n) is 22.1. The molecule has 2 nitrogen and oxygen atoms in total. The van der Waals surface area contributed by atoms with Crippen molar-refractivity contribution in [1.82, 2.24) is 9.97 Å². The van der Waals surface area contributed by atoms with Crippen LogP contribution in [0.4, 0.5) is 0 Å². The van der Waals surface area contributed by atoms with Crippen LogP contribution in [0.25, 0.3) is 88.8 Å². The van der Waals surface area contributed by atoms with Gasteiger partial charge in [-0.25, -0.2) is 9.97 Å². The fraction of sp³-hybridized carbons (Fsp3) is 0.0588. The highest BCUT2D eigenvalue weighted by atomic mass is 14.9. The van der Waals surface area contributed by atoms with Crippen LogP contribution < -0.4 is 0 Å². The number of aromatic nitrogens is 2. The average Bonchev–Trinajstić information content (AvgIpc) is 3.55. The molecule has 53 heavy (non-hydrogen) atoms. The molecule has 1 aliphatic rings. The van der Waals surface area contributed by atoms with Gasteiger partial charge in [0, 0.05) is 22.1 Å². The van der Waals surface area contributed by atoms with Crippen LogP contribution in [0.2, 0.25) is 0 Å². The van der Waals surface area contributed by atoms with Crippen LogP contribution in [0.1, 0.15) is 37.3 Å². The Morgan fingerprint density at radius 3 is 1.85 bits per heavy atom. The number of hydrogen-bond donors (Lipinski definition) is 0. The number of benzene rings is 8. The highest BCUT2D eigenvalue weighted by Gasteiger charge is 2.37. The van der Waals surface area contributed by atoms with Crippen LogP contribution in [-0.4, -0.2) is 9.97 Å². The zero-order valence-electron chi connectivity index (χ0n) is 38.0. The van der Waals surface area contributed by atoms with Crippen LogP contribution in [0.15, 0.2) is 182 Å². The van der Waals surface area contributed by atoms with Gasteiger partial charge in [0.2, 0.25) is 0 Å². The number of fused-ring (bicyclic) bond motifs is 5.